The number of aryl methyl sites for hydroxylation is 1. The minimum absolute atomic E-state index is 0.0184. The van der Waals surface area contributed by atoms with Crippen molar-refractivity contribution in [3.63, 3.8) is 0 Å². The van der Waals surface area contributed by atoms with Crippen LogP contribution in [-0.2, 0) is 6.42 Å². The lowest BCUT2D eigenvalue weighted by Crippen LogP contribution is -2.01. The first-order valence-corrected chi connectivity index (χ1v) is 4.91. The van der Waals surface area contributed by atoms with Crippen LogP contribution in [0.2, 0.25) is 0 Å². The highest BCUT2D eigenvalue weighted by Gasteiger charge is 2.11. The Morgan fingerprint density at radius 2 is 2.19 bits per heavy atom. The van der Waals surface area contributed by atoms with Crippen LogP contribution in [0.5, 0.6) is 5.75 Å². The second-order valence-electron chi connectivity index (χ2n) is 3.44. The van der Waals surface area contributed by atoms with Crippen molar-refractivity contribution < 1.29 is 14.3 Å². The predicted molar refractivity (Wildman–Crippen MR) is 58.9 cm³/mol. The lowest BCUT2D eigenvalue weighted by Gasteiger charge is -2.05. The number of rotatable bonds is 2. The van der Waals surface area contributed by atoms with Gasteiger partial charge in [0, 0.05) is 11.5 Å². The Kier molecular flexibility index (Phi) is 2.48. The average Bonchev–Trinajstić information content (AvgIpc) is 2.27. The van der Waals surface area contributed by atoms with Gasteiger partial charge in [0.25, 0.3) is 0 Å². The number of hydrogen-bond acceptors (Lipinski definition) is 4. The second kappa shape index (κ2) is 3.81. The van der Waals surface area contributed by atoms with Gasteiger partial charge < -0.3 is 9.52 Å². The van der Waals surface area contributed by atoms with E-state index in [4.69, 9.17) is 4.42 Å². The number of fused-ring (bicyclic) bond motifs is 1. The predicted octanol–water partition coefficient (Wildman–Crippen LogP) is 1.87. The van der Waals surface area contributed by atoms with Crippen LogP contribution in [0.1, 0.15) is 22.8 Å². The highest BCUT2D eigenvalue weighted by molar-refractivity contribution is 5.98. The van der Waals surface area contributed by atoms with Crippen molar-refractivity contribution >= 4 is 17.3 Å². The third kappa shape index (κ3) is 1.48. The summed E-state index contributed by atoms with van der Waals surface area (Å²) in [5, 5.41) is 10.2. The van der Waals surface area contributed by atoms with Crippen LogP contribution in [0, 0.1) is 0 Å². The van der Waals surface area contributed by atoms with E-state index in [0.29, 0.717) is 18.1 Å². The van der Waals surface area contributed by atoms with Gasteiger partial charge in [-0.25, -0.2) is 4.79 Å². The minimum atomic E-state index is -0.516. The Morgan fingerprint density at radius 3 is 2.81 bits per heavy atom. The van der Waals surface area contributed by atoms with E-state index >= 15 is 0 Å². The van der Waals surface area contributed by atoms with Crippen molar-refractivity contribution in [3.8, 4) is 5.75 Å². The minimum Gasteiger partial charge on any atom is -0.507 e. The Morgan fingerprint density at radius 1 is 1.44 bits per heavy atom. The van der Waals surface area contributed by atoms with Crippen molar-refractivity contribution in [2.45, 2.75) is 13.3 Å². The molecule has 0 amide bonds. The van der Waals surface area contributed by atoms with E-state index in [1.165, 1.54) is 12.1 Å². The fraction of sp³-hybridized carbons (Fsp3) is 0.167. The van der Waals surface area contributed by atoms with Crippen molar-refractivity contribution in [2.75, 3.05) is 0 Å². The highest BCUT2D eigenvalue weighted by Crippen LogP contribution is 2.26. The molecule has 0 bridgehead atoms. The van der Waals surface area contributed by atoms with E-state index in [0.717, 1.165) is 5.56 Å². The molecule has 0 fully saturated rings. The molecule has 2 rings (SSSR count). The van der Waals surface area contributed by atoms with Crippen LogP contribution in [-0.4, -0.2) is 11.4 Å². The molecule has 1 heterocycles. The molecule has 0 atom stereocenters. The summed E-state index contributed by atoms with van der Waals surface area (Å²) in [6.07, 6.45) is 1.14. The number of aldehydes is 1. The van der Waals surface area contributed by atoms with Crippen LogP contribution in [0.25, 0.3) is 11.0 Å². The average molecular weight is 218 g/mol. The molecule has 16 heavy (non-hydrogen) atoms. The maximum atomic E-state index is 11.3. The summed E-state index contributed by atoms with van der Waals surface area (Å²) in [6.45, 7) is 1.90. The monoisotopic (exact) mass is 218 g/mol. The molecule has 1 aromatic carbocycles. The number of benzene rings is 1. The normalized spacial score (nSPS) is 10.6. The smallest absolute Gasteiger partial charge is 0.336 e. The van der Waals surface area contributed by atoms with Crippen LogP contribution >= 0.6 is 0 Å². The van der Waals surface area contributed by atoms with Crippen molar-refractivity contribution in [1.29, 1.82) is 0 Å². The molecule has 0 spiro atoms. The van der Waals surface area contributed by atoms with Crippen LogP contribution < -0.4 is 5.63 Å². The maximum absolute atomic E-state index is 11.3. The van der Waals surface area contributed by atoms with E-state index < -0.39 is 5.63 Å². The summed E-state index contributed by atoms with van der Waals surface area (Å²) in [7, 11) is 0. The molecule has 1 aromatic heterocycles. The number of aromatic hydroxyl groups is 1. The molecule has 0 unspecified atom stereocenters. The molecule has 0 radical (unpaired) electrons. The largest absolute Gasteiger partial charge is 0.507 e. The van der Waals surface area contributed by atoms with Crippen molar-refractivity contribution in [2.24, 2.45) is 0 Å². The van der Waals surface area contributed by atoms with Gasteiger partial charge >= 0.3 is 5.63 Å². The number of phenolic OH excluding ortho intramolecular Hbond substituents is 1. The van der Waals surface area contributed by atoms with Gasteiger partial charge in [0.2, 0.25) is 0 Å². The molecule has 0 aliphatic heterocycles. The fourth-order valence-electron chi connectivity index (χ4n) is 1.71. The van der Waals surface area contributed by atoms with Gasteiger partial charge in [-0.05, 0) is 24.1 Å². The Bertz CT molecular complexity index is 610. The molecule has 2 aromatic rings. The first-order valence-electron chi connectivity index (χ1n) is 4.91. The first-order chi connectivity index (χ1) is 7.67. The quantitative estimate of drug-likeness (QED) is 0.617. The van der Waals surface area contributed by atoms with Gasteiger partial charge in [-0.15, -0.1) is 0 Å². The van der Waals surface area contributed by atoms with Crippen LogP contribution in [0.3, 0.4) is 0 Å². The number of phenols is 1. The lowest BCUT2D eigenvalue weighted by atomic mass is 10.0. The molecule has 4 nitrogen and oxygen atoms in total. The number of carbonyl (C=O) groups excluding carboxylic acids is 1. The summed E-state index contributed by atoms with van der Waals surface area (Å²) in [5.41, 5.74) is 0.455. The zero-order valence-corrected chi connectivity index (χ0v) is 8.69. The summed E-state index contributed by atoms with van der Waals surface area (Å²) < 4.78 is 4.96. The zero-order valence-electron chi connectivity index (χ0n) is 8.69. The summed E-state index contributed by atoms with van der Waals surface area (Å²) >= 11 is 0. The Hall–Kier alpha value is -2.10. The molecular formula is C12H10O4. The second-order valence-corrected chi connectivity index (χ2v) is 3.44. The van der Waals surface area contributed by atoms with Crippen LogP contribution in [0.15, 0.2) is 27.4 Å². The van der Waals surface area contributed by atoms with Gasteiger partial charge in [-0.1, -0.05) is 6.92 Å². The molecule has 0 aliphatic rings. The third-order valence-electron chi connectivity index (χ3n) is 2.51. The number of carbonyl (C=O) groups is 1. The molecule has 0 saturated heterocycles. The molecule has 82 valence electrons. The first kappa shape index (κ1) is 10.4. The van der Waals surface area contributed by atoms with Crippen LogP contribution in [0.4, 0.5) is 0 Å². The van der Waals surface area contributed by atoms with Gasteiger partial charge in [-0.3, -0.25) is 4.79 Å². The molecule has 4 heteroatoms. The molecule has 0 aliphatic carbocycles. The lowest BCUT2D eigenvalue weighted by molar-refractivity contribution is 0.112. The van der Waals surface area contributed by atoms with Gasteiger partial charge in [0.15, 0.2) is 11.9 Å². The zero-order chi connectivity index (χ0) is 11.7. The number of hydrogen-bond donors (Lipinski definition) is 1. The van der Waals surface area contributed by atoms with Crippen molar-refractivity contribution in [1.82, 2.24) is 0 Å². The van der Waals surface area contributed by atoms with E-state index in [1.54, 1.807) is 6.07 Å². The van der Waals surface area contributed by atoms with Crippen molar-refractivity contribution in [3.05, 3.63) is 39.7 Å². The third-order valence-corrected chi connectivity index (χ3v) is 2.51. The Labute approximate surface area is 91.1 Å². The standard InChI is InChI=1S/C12H10O4/c1-2-7-5-11(15)16-12-8(7)3-4-10(14)9(12)6-13/h3-6,14H,2H2,1H3. The van der Waals surface area contributed by atoms with E-state index in [2.05, 4.69) is 0 Å². The Balaban J connectivity index is 2.98. The SMILES string of the molecule is CCc1cc(=O)oc2c(C=O)c(O)ccc12. The summed E-state index contributed by atoms with van der Waals surface area (Å²) in [6, 6.07) is 4.46. The van der Waals surface area contributed by atoms with E-state index in [1.807, 2.05) is 6.92 Å². The molecular weight excluding hydrogens is 208 g/mol. The molecule has 1 N–H and O–H groups in total. The topological polar surface area (TPSA) is 67.5 Å². The fourth-order valence-corrected chi connectivity index (χ4v) is 1.71. The summed E-state index contributed by atoms with van der Waals surface area (Å²) in [4.78, 5) is 22.1. The van der Waals surface area contributed by atoms with Gasteiger partial charge in [0.05, 0.1) is 5.56 Å². The molecule has 0 saturated carbocycles. The van der Waals surface area contributed by atoms with Gasteiger partial charge in [0.1, 0.15) is 5.75 Å². The van der Waals surface area contributed by atoms with Gasteiger partial charge in [-0.2, -0.15) is 0 Å². The van der Waals surface area contributed by atoms with E-state index in [9.17, 15) is 14.7 Å². The maximum Gasteiger partial charge on any atom is 0.336 e. The van der Waals surface area contributed by atoms with E-state index in [-0.39, 0.29) is 16.9 Å². The highest BCUT2D eigenvalue weighted by atomic mass is 16.4. The summed E-state index contributed by atoms with van der Waals surface area (Å²) in [5.74, 6) is -0.182.